The molecule has 6 heteroatoms. The predicted molar refractivity (Wildman–Crippen MR) is 101 cm³/mol. The monoisotopic (exact) mass is 355 g/mol. The number of benzene rings is 2. The van der Waals surface area contributed by atoms with E-state index in [9.17, 15) is 9.59 Å². The lowest BCUT2D eigenvalue weighted by Gasteiger charge is -2.25. The molecule has 0 aliphatic heterocycles. The summed E-state index contributed by atoms with van der Waals surface area (Å²) in [4.78, 5) is 25.8. The number of nitrogens with zero attached hydrogens (tertiary/aromatic N) is 1. The van der Waals surface area contributed by atoms with Crippen molar-refractivity contribution in [2.24, 2.45) is 0 Å². The Balaban J connectivity index is 1.83. The van der Waals surface area contributed by atoms with Crippen LogP contribution in [0, 0.1) is 0 Å². The van der Waals surface area contributed by atoms with Crippen LogP contribution in [-0.2, 0) is 11.3 Å². The molecular formula is C20H25N3O3. The molecule has 0 spiro atoms. The third kappa shape index (κ3) is 5.60. The molecule has 26 heavy (non-hydrogen) atoms. The molecule has 138 valence electrons. The molecule has 0 aliphatic rings. The molecule has 0 aliphatic carbocycles. The Morgan fingerprint density at radius 3 is 2.42 bits per heavy atom. The van der Waals surface area contributed by atoms with Crippen LogP contribution in [0.2, 0.25) is 0 Å². The molecule has 0 bridgehead atoms. The quantitative estimate of drug-likeness (QED) is 0.801. The van der Waals surface area contributed by atoms with Gasteiger partial charge in [-0.2, -0.15) is 0 Å². The maximum atomic E-state index is 12.1. The Kier molecular flexibility index (Phi) is 7.17. The van der Waals surface area contributed by atoms with Gasteiger partial charge >= 0.3 is 6.03 Å². The minimum Gasteiger partial charge on any atom is -0.496 e. The Labute approximate surface area is 154 Å². The number of likely N-dealkylation sites (N-methyl/N-ethyl adjacent to an activating group) is 1. The van der Waals surface area contributed by atoms with Crippen molar-refractivity contribution >= 4 is 11.9 Å². The summed E-state index contributed by atoms with van der Waals surface area (Å²) in [6, 6.07) is 16.7. The fraction of sp³-hybridized carbons (Fsp3) is 0.300. The molecule has 0 saturated carbocycles. The first-order chi connectivity index (χ1) is 12.5. The lowest BCUT2D eigenvalue weighted by molar-refractivity contribution is -0.121. The van der Waals surface area contributed by atoms with E-state index in [1.54, 1.807) is 7.11 Å². The van der Waals surface area contributed by atoms with Gasteiger partial charge in [-0.25, -0.2) is 4.79 Å². The van der Waals surface area contributed by atoms with Crippen LogP contribution in [0.15, 0.2) is 54.6 Å². The molecule has 0 heterocycles. The summed E-state index contributed by atoms with van der Waals surface area (Å²) < 4.78 is 5.37. The first kappa shape index (κ1) is 19.5. The Hall–Kier alpha value is -2.86. The highest BCUT2D eigenvalue weighted by Crippen LogP contribution is 2.27. The number of para-hydroxylation sites is 1. The van der Waals surface area contributed by atoms with Crippen molar-refractivity contribution in [3.05, 3.63) is 65.7 Å². The molecule has 0 saturated heterocycles. The van der Waals surface area contributed by atoms with Crippen molar-refractivity contribution in [1.82, 2.24) is 15.5 Å². The maximum absolute atomic E-state index is 12.1. The molecule has 0 radical (unpaired) electrons. The zero-order valence-corrected chi connectivity index (χ0v) is 15.4. The van der Waals surface area contributed by atoms with Gasteiger partial charge in [-0.15, -0.1) is 0 Å². The second kappa shape index (κ2) is 9.58. The van der Waals surface area contributed by atoms with E-state index in [2.05, 4.69) is 10.6 Å². The van der Waals surface area contributed by atoms with Crippen molar-refractivity contribution < 1.29 is 14.3 Å². The van der Waals surface area contributed by atoms with Gasteiger partial charge in [0.25, 0.3) is 0 Å². The molecule has 0 aromatic heterocycles. The number of hydrogen-bond donors (Lipinski definition) is 2. The van der Waals surface area contributed by atoms with E-state index in [1.807, 2.05) is 73.5 Å². The number of ether oxygens (including phenoxy) is 1. The van der Waals surface area contributed by atoms with E-state index in [4.69, 9.17) is 4.74 Å². The fourth-order valence-electron chi connectivity index (χ4n) is 2.60. The van der Waals surface area contributed by atoms with Gasteiger partial charge in [0.05, 0.1) is 13.7 Å². The van der Waals surface area contributed by atoms with Gasteiger partial charge in [-0.3, -0.25) is 15.0 Å². The molecule has 2 N–H and O–H groups in total. The highest BCUT2D eigenvalue weighted by Gasteiger charge is 2.18. The van der Waals surface area contributed by atoms with Crippen LogP contribution in [0.1, 0.15) is 24.1 Å². The molecule has 6 nitrogen and oxygen atoms in total. The molecule has 1 atom stereocenters. The van der Waals surface area contributed by atoms with Crippen LogP contribution in [0.4, 0.5) is 4.79 Å². The average molecular weight is 355 g/mol. The van der Waals surface area contributed by atoms with Gasteiger partial charge in [0, 0.05) is 18.2 Å². The number of methoxy groups -OCH3 is 1. The summed E-state index contributed by atoms with van der Waals surface area (Å²) >= 11 is 0. The maximum Gasteiger partial charge on any atom is 0.321 e. The van der Waals surface area contributed by atoms with Crippen LogP contribution < -0.4 is 15.4 Å². The highest BCUT2D eigenvalue weighted by molar-refractivity contribution is 5.95. The SMILES string of the molecule is COc1ccccc1C(C)N(C)CC(=O)NC(=O)NCc1ccccc1. The minimum absolute atomic E-state index is 0.0377. The van der Waals surface area contributed by atoms with E-state index in [0.717, 1.165) is 16.9 Å². The highest BCUT2D eigenvalue weighted by atomic mass is 16.5. The average Bonchev–Trinajstić information content (AvgIpc) is 2.66. The summed E-state index contributed by atoms with van der Waals surface area (Å²) in [5.41, 5.74) is 1.95. The van der Waals surface area contributed by atoms with E-state index >= 15 is 0 Å². The number of urea groups is 1. The Morgan fingerprint density at radius 2 is 1.73 bits per heavy atom. The number of carbonyl (C=O) groups excluding carboxylic acids is 2. The van der Waals surface area contributed by atoms with E-state index in [1.165, 1.54) is 0 Å². The van der Waals surface area contributed by atoms with Gasteiger partial charge in [0.2, 0.25) is 5.91 Å². The Morgan fingerprint density at radius 1 is 1.08 bits per heavy atom. The lowest BCUT2D eigenvalue weighted by atomic mass is 10.1. The summed E-state index contributed by atoms with van der Waals surface area (Å²) in [5.74, 6) is 0.410. The largest absolute Gasteiger partial charge is 0.496 e. The van der Waals surface area contributed by atoms with Gasteiger partial charge < -0.3 is 10.1 Å². The number of imide groups is 1. The summed E-state index contributed by atoms with van der Waals surface area (Å²) in [6.45, 7) is 2.45. The van der Waals surface area contributed by atoms with Crippen LogP contribution in [0.3, 0.4) is 0 Å². The number of amides is 3. The number of hydrogen-bond acceptors (Lipinski definition) is 4. The Bertz CT molecular complexity index is 734. The van der Waals surface area contributed by atoms with E-state index < -0.39 is 6.03 Å². The zero-order valence-electron chi connectivity index (χ0n) is 15.4. The smallest absolute Gasteiger partial charge is 0.321 e. The molecular weight excluding hydrogens is 330 g/mol. The van der Waals surface area contributed by atoms with Gasteiger partial charge in [0.15, 0.2) is 0 Å². The van der Waals surface area contributed by atoms with Crippen molar-refractivity contribution in [3.8, 4) is 5.75 Å². The zero-order chi connectivity index (χ0) is 18.9. The number of nitrogens with one attached hydrogen (secondary N) is 2. The topological polar surface area (TPSA) is 70.7 Å². The molecule has 3 amide bonds. The molecule has 2 aromatic rings. The first-order valence-corrected chi connectivity index (χ1v) is 8.46. The number of carbonyl (C=O) groups is 2. The van der Waals surface area contributed by atoms with Crippen molar-refractivity contribution in [1.29, 1.82) is 0 Å². The molecule has 1 unspecified atom stereocenters. The summed E-state index contributed by atoms with van der Waals surface area (Å²) in [6.07, 6.45) is 0. The van der Waals surface area contributed by atoms with Gasteiger partial charge in [-0.05, 0) is 25.6 Å². The second-order valence-electron chi connectivity index (χ2n) is 6.05. The molecule has 2 aromatic carbocycles. The summed E-state index contributed by atoms with van der Waals surface area (Å²) in [7, 11) is 3.45. The van der Waals surface area contributed by atoms with Crippen LogP contribution in [0.5, 0.6) is 5.75 Å². The van der Waals surface area contributed by atoms with Crippen molar-refractivity contribution in [2.45, 2.75) is 19.5 Å². The second-order valence-corrected chi connectivity index (χ2v) is 6.05. The molecule has 0 fully saturated rings. The van der Waals surface area contributed by atoms with Crippen LogP contribution in [0.25, 0.3) is 0 Å². The van der Waals surface area contributed by atoms with Crippen LogP contribution in [-0.4, -0.2) is 37.5 Å². The van der Waals surface area contributed by atoms with Crippen molar-refractivity contribution in [3.63, 3.8) is 0 Å². The normalized spacial score (nSPS) is 11.7. The van der Waals surface area contributed by atoms with Crippen molar-refractivity contribution in [2.75, 3.05) is 20.7 Å². The van der Waals surface area contributed by atoms with Gasteiger partial charge in [0.1, 0.15) is 5.75 Å². The molecule has 2 rings (SSSR count). The first-order valence-electron chi connectivity index (χ1n) is 8.46. The third-order valence-corrected chi connectivity index (χ3v) is 4.19. The third-order valence-electron chi connectivity index (χ3n) is 4.19. The van der Waals surface area contributed by atoms with E-state index in [-0.39, 0.29) is 18.5 Å². The summed E-state index contributed by atoms with van der Waals surface area (Å²) in [5, 5.41) is 5.03. The van der Waals surface area contributed by atoms with E-state index in [0.29, 0.717) is 6.54 Å². The lowest BCUT2D eigenvalue weighted by Crippen LogP contribution is -2.44. The standard InChI is InChI=1S/C20H25N3O3/c1-15(17-11-7-8-12-18(17)26-3)23(2)14-19(24)22-20(25)21-13-16-9-5-4-6-10-16/h4-12,15H,13-14H2,1-3H3,(H2,21,22,24,25). The fourth-order valence-corrected chi connectivity index (χ4v) is 2.60. The van der Waals surface area contributed by atoms with Crippen LogP contribution >= 0.6 is 0 Å². The minimum atomic E-state index is -0.503. The predicted octanol–water partition coefficient (Wildman–Crippen LogP) is 2.71. The van der Waals surface area contributed by atoms with Gasteiger partial charge in [-0.1, -0.05) is 48.5 Å². The number of rotatable bonds is 7.